The number of amides is 2. The van der Waals surface area contributed by atoms with Gasteiger partial charge in [0.05, 0.1) is 19.3 Å². The van der Waals surface area contributed by atoms with Crippen molar-refractivity contribution in [2.75, 3.05) is 19.8 Å². The first-order chi connectivity index (χ1) is 17.4. The van der Waals surface area contributed by atoms with E-state index in [1.807, 2.05) is 50.2 Å². The van der Waals surface area contributed by atoms with Gasteiger partial charge < -0.3 is 14.2 Å². The van der Waals surface area contributed by atoms with Crippen LogP contribution < -0.4 is 9.47 Å². The number of nitriles is 1. The zero-order valence-corrected chi connectivity index (χ0v) is 20.9. The molecule has 7 heteroatoms. The second-order valence-electron chi connectivity index (χ2n) is 8.94. The minimum atomic E-state index is -0.567. The van der Waals surface area contributed by atoms with Gasteiger partial charge in [0.1, 0.15) is 18.2 Å². The Labute approximate surface area is 211 Å². The Morgan fingerprint density at radius 3 is 2.53 bits per heavy atom. The second-order valence-corrected chi connectivity index (χ2v) is 8.94. The van der Waals surface area contributed by atoms with Gasteiger partial charge in [0, 0.05) is 12.2 Å². The third-order valence-electron chi connectivity index (χ3n) is 6.33. The van der Waals surface area contributed by atoms with Crippen molar-refractivity contribution in [1.82, 2.24) is 4.90 Å². The molecule has 7 nitrogen and oxygen atoms in total. The van der Waals surface area contributed by atoms with E-state index in [1.165, 1.54) is 5.56 Å². The molecule has 1 unspecified atom stereocenters. The molecule has 2 heterocycles. The summed E-state index contributed by atoms with van der Waals surface area (Å²) in [7, 11) is 0. The summed E-state index contributed by atoms with van der Waals surface area (Å²) in [5.41, 5.74) is 3.58. The van der Waals surface area contributed by atoms with Crippen LogP contribution in [-0.2, 0) is 20.9 Å². The van der Waals surface area contributed by atoms with Crippen molar-refractivity contribution in [2.45, 2.75) is 46.3 Å². The van der Waals surface area contributed by atoms with Crippen molar-refractivity contribution in [2.24, 2.45) is 0 Å². The third-order valence-corrected chi connectivity index (χ3v) is 6.33. The van der Waals surface area contributed by atoms with Crippen LogP contribution in [0.3, 0.4) is 0 Å². The highest BCUT2D eigenvalue weighted by Crippen LogP contribution is 2.33. The molecule has 0 aliphatic carbocycles. The van der Waals surface area contributed by atoms with Crippen LogP contribution in [-0.4, -0.2) is 42.6 Å². The Hall–Kier alpha value is -3.89. The van der Waals surface area contributed by atoms with Gasteiger partial charge in [-0.3, -0.25) is 14.5 Å². The molecule has 0 bridgehead atoms. The van der Waals surface area contributed by atoms with Crippen molar-refractivity contribution in [3.05, 3.63) is 75.9 Å². The molecule has 36 heavy (non-hydrogen) atoms. The number of rotatable bonds is 8. The first kappa shape index (κ1) is 25.2. The van der Waals surface area contributed by atoms with Crippen molar-refractivity contribution >= 4 is 17.9 Å². The van der Waals surface area contributed by atoms with E-state index in [-0.39, 0.29) is 18.2 Å². The Morgan fingerprint density at radius 1 is 1.08 bits per heavy atom. The molecule has 0 spiro atoms. The summed E-state index contributed by atoms with van der Waals surface area (Å²) in [6.07, 6.45) is 3.16. The smallest absolute Gasteiger partial charge is 0.271 e. The lowest BCUT2D eigenvalue weighted by Gasteiger charge is -2.29. The number of hydrogen-bond donors (Lipinski definition) is 0. The summed E-state index contributed by atoms with van der Waals surface area (Å²) in [4.78, 5) is 27.3. The SMILES string of the molecule is CCOc1cc(/C=C2/C(=O)N(CC3CCCO3)C(=O)C(C#N)=C2C)ccc1OCc1ccc(C)cc1. The molecule has 0 radical (unpaired) electrons. The summed E-state index contributed by atoms with van der Waals surface area (Å²) in [5.74, 6) is 0.151. The summed E-state index contributed by atoms with van der Waals surface area (Å²) >= 11 is 0. The molecule has 2 aromatic rings. The highest BCUT2D eigenvalue weighted by Gasteiger charge is 2.37. The number of carbonyl (C=O) groups excluding carboxylic acids is 2. The summed E-state index contributed by atoms with van der Waals surface area (Å²) in [6, 6.07) is 15.5. The molecule has 1 atom stereocenters. The van der Waals surface area contributed by atoms with E-state index in [2.05, 4.69) is 0 Å². The maximum Gasteiger partial charge on any atom is 0.271 e. The van der Waals surface area contributed by atoms with Crippen LogP contribution >= 0.6 is 0 Å². The van der Waals surface area contributed by atoms with Crippen molar-refractivity contribution < 1.29 is 23.8 Å². The maximum absolute atomic E-state index is 13.3. The van der Waals surface area contributed by atoms with E-state index < -0.39 is 11.8 Å². The summed E-state index contributed by atoms with van der Waals surface area (Å²) < 4.78 is 17.4. The number of imide groups is 1. The quantitative estimate of drug-likeness (QED) is 0.395. The van der Waals surface area contributed by atoms with Gasteiger partial charge in [-0.15, -0.1) is 0 Å². The predicted octanol–water partition coefficient (Wildman–Crippen LogP) is 4.74. The molecule has 2 aromatic carbocycles. The molecule has 186 valence electrons. The Kier molecular flexibility index (Phi) is 7.87. The van der Waals surface area contributed by atoms with E-state index in [0.717, 1.165) is 23.3 Å². The van der Waals surface area contributed by atoms with E-state index in [9.17, 15) is 14.9 Å². The van der Waals surface area contributed by atoms with Crippen LogP contribution in [0.4, 0.5) is 0 Å². The fourth-order valence-corrected chi connectivity index (χ4v) is 4.30. The molecule has 4 rings (SSSR count). The van der Waals surface area contributed by atoms with Gasteiger partial charge in [-0.1, -0.05) is 35.9 Å². The number of aryl methyl sites for hydroxylation is 1. The molecule has 2 aliphatic heterocycles. The van der Waals surface area contributed by atoms with Crippen molar-refractivity contribution in [3.63, 3.8) is 0 Å². The highest BCUT2D eigenvalue weighted by molar-refractivity contribution is 6.19. The summed E-state index contributed by atoms with van der Waals surface area (Å²) in [6.45, 7) is 7.15. The average molecular weight is 487 g/mol. The normalized spacial score (nSPS) is 19.1. The first-order valence-electron chi connectivity index (χ1n) is 12.2. The van der Waals surface area contributed by atoms with E-state index in [0.29, 0.717) is 48.0 Å². The largest absolute Gasteiger partial charge is 0.490 e. The molecule has 1 saturated heterocycles. The zero-order chi connectivity index (χ0) is 25.7. The van der Waals surface area contributed by atoms with Gasteiger partial charge >= 0.3 is 0 Å². The molecule has 0 N–H and O–H groups in total. The Morgan fingerprint density at radius 2 is 1.86 bits per heavy atom. The zero-order valence-electron chi connectivity index (χ0n) is 20.9. The lowest BCUT2D eigenvalue weighted by atomic mass is 9.93. The van der Waals surface area contributed by atoms with Crippen LogP contribution in [0.15, 0.2) is 59.2 Å². The number of nitrogens with zero attached hydrogens (tertiary/aromatic N) is 2. The Bertz CT molecular complexity index is 1250. The molecule has 1 fully saturated rings. The van der Waals surface area contributed by atoms with Gasteiger partial charge in [0.2, 0.25) is 0 Å². The fourth-order valence-electron chi connectivity index (χ4n) is 4.30. The number of carbonyl (C=O) groups is 2. The lowest BCUT2D eigenvalue weighted by Crippen LogP contribution is -2.46. The topological polar surface area (TPSA) is 88.9 Å². The van der Waals surface area contributed by atoms with Crippen LogP contribution in [0.1, 0.15) is 43.4 Å². The monoisotopic (exact) mass is 486 g/mol. The van der Waals surface area contributed by atoms with Gasteiger partial charge in [-0.25, -0.2) is 0 Å². The number of benzene rings is 2. The van der Waals surface area contributed by atoms with E-state index >= 15 is 0 Å². The molecule has 2 amide bonds. The highest BCUT2D eigenvalue weighted by atomic mass is 16.5. The predicted molar refractivity (Wildman–Crippen MR) is 135 cm³/mol. The van der Waals surface area contributed by atoms with Gasteiger partial charge in [0.15, 0.2) is 11.5 Å². The average Bonchev–Trinajstić information content (AvgIpc) is 3.39. The van der Waals surface area contributed by atoms with Gasteiger partial charge in [-0.05, 0) is 68.5 Å². The second kappa shape index (κ2) is 11.2. The molecule has 2 aliphatic rings. The number of hydrogen-bond acceptors (Lipinski definition) is 6. The standard InChI is InChI=1S/C29H30N2O5/c1-4-34-27-15-22(11-12-26(27)36-18-21-9-7-19(2)8-10-21)14-24-20(3)25(16-30)29(33)31(28(24)32)17-23-6-5-13-35-23/h7-12,14-15,23H,4-6,13,17-18H2,1-3H3/b24-14+. The molecule has 0 saturated carbocycles. The minimum absolute atomic E-state index is 0.0260. The molecule has 0 aromatic heterocycles. The van der Waals surface area contributed by atoms with E-state index in [1.54, 1.807) is 25.1 Å². The fraction of sp³-hybridized carbons (Fsp3) is 0.345. The van der Waals surface area contributed by atoms with E-state index in [4.69, 9.17) is 14.2 Å². The van der Waals surface area contributed by atoms with Crippen LogP contribution in [0.25, 0.3) is 6.08 Å². The van der Waals surface area contributed by atoms with Crippen LogP contribution in [0, 0.1) is 18.3 Å². The lowest BCUT2D eigenvalue weighted by molar-refractivity contribution is -0.142. The third kappa shape index (κ3) is 5.50. The first-order valence-corrected chi connectivity index (χ1v) is 12.2. The summed E-state index contributed by atoms with van der Waals surface area (Å²) in [5, 5.41) is 9.64. The Balaban J connectivity index is 1.62. The minimum Gasteiger partial charge on any atom is -0.490 e. The maximum atomic E-state index is 13.3. The molecular formula is C29H30N2O5. The van der Waals surface area contributed by atoms with Gasteiger partial charge in [0.25, 0.3) is 11.8 Å². The number of ether oxygens (including phenoxy) is 3. The van der Waals surface area contributed by atoms with Crippen LogP contribution in [0.2, 0.25) is 0 Å². The van der Waals surface area contributed by atoms with Gasteiger partial charge in [-0.2, -0.15) is 5.26 Å². The van der Waals surface area contributed by atoms with Crippen molar-refractivity contribution in [1.29, 1.82) is 5.26 Å². The van der Waals surface area contributed by atoms with Crippen molar-refractivity contribution in [3.8, 4) is 17.6 Å². The van der Waals surface area contributed by atoms with Crippen LogP contribution in [0.5, 0.6) is 11.5 Å². The molecular weight excluding hydrogens is 456 g/mol.